The van der Waals surface area contributed by atoms with Gasteiger partial charge in [0, 0.05) is 30.1 Å². The summed E-state index contributed by atoms with van der Waals surface area (Å²) in [5.41, 5.74) is 0.530. The molecule has 2 atom stereocenters. The smallest absolute Gasteiger partial charge is 0.409 e. The third-order valence-corrected chi connectivity index (χ3v) is 5.29. The lowest BCUT2D eigenvalue weighted by Crippen LogP contribution is -2.39. The summed E-state index contributed by atoms with van der Waals surface area (Å²) < 4.78 is 14.7. The lowest BCUT2D eigenvalue weighted by molar-refractivity contribution is -0.129. The molecular weight excluding hydrogens is 375 g/mol. The highest BCUT2D eigenvalue weighted by Gasteiger charge is 2.41. The number of imidazole rings is 1. The van der Waals surface area contributed by atoms with Crippen LogP contribution in [0, 0.1) is 5.82 Å². The summed E-state index contributed by atoms with van der Waals surface area (Å²) in [6.07, 6.45) is 5.31. The van der Waals surface area contributed by atoms with Crippen LogP contribution in [-0.4, -0.2) is 38.0 Å². The summed E-state index contributed by atoms with van der Waals surface area (Å²) in [7, 11) is 0. The van der Waals surface area contributed by atoms with E-state index in [0.717, 1.165) is 18.7 Å². The molecule has 1 fully saturated rings. The number of carbonyl (C=O) groups is 2. The lowest BCUT2D eigenvalue weighted by Gasteiger charge is -2.33. The van der Waals surface area contributed by atoms with Crippen molar-refractivity contribution in [2.75, 3.05) is 5.32 Å². The molecule has 0 bridgehead atoms. The van der Waals surface area contributed by atoms with Crippen molar-refractivity contribution in [3.63, 3.8) is 0 Å². The molecule has 1 aromatic heterocycles. The Morgan fingerprint density at radius 3 is 2.93 bits per heavy atom. The number of hydrogen-bond donors (Lipinski definition) is 3. The number of H-pyrrole nitrogens is 1. The Balaban J connectivity index is 1.72. The summed E-state index contributed by atoms with van der Waals surface area (Å²) in [5.74, 6) is -0.262. The lowest BCUT2D eigenvalue weighted by atomic mass is 9.92. The van der Waals surface area contributed by atoms with Crippen molar-refractivity contribution in [1.29, 1.82) is 0 Å². The third kappa shape index (κ3) is 3.06. The summed E-state index contributed by atoms with van der Waals surface area (Å²) >= 11 is 5.89. The largest absolute Gasteiger partial charge is 0.465 e. The molecule has 2 aromatic rings. The molecular formula is C18H16ClFN4O3. The van der Waals surface area contributed by atoms with E-state index in [1.807, 2.05) is 0 Å². The topological polar surface area (TPSA) is 98.3 Å². The van der Waals surface area contributed by atoms with E-state index in [2.05, 4.69) is 15.3 Å². The number of anilines is 1. The Bertz CT molecular complexity index is 944. The summed E-state index contributed by atoms with van der Waals surface area (Å²) in [6.45, 7) is 0. The normalized spacial score (nSPS) is 21.8. The van der Waals surface area contributed by atoms with Crippen molar-refractivity contribution in [2.24, 2.45) is 0 Å². The average Bonchev–Trinajstić information content (AvgIpc) is 3.27. The quantitative estimate of drug-likeness (QED) is 0.742. The number of aromatic nitrogens is 2. The van der Waals surface area contributed by atoms with Crippen LogP contribution in [0.5, 0.6) is 0 Å². The molecule has 2 aliphatic heterocycles. The first-order valence-electron chi connectivity index (χ1n) is 8.46. The zero-order valence-electron chi connectivity index (χ0n) is 14.1. The van der Waals surface area contributed by atoms with Crippen LogP contribution in [0.1, 0.15) is 36.7 Å². The van der Waals surface area contributed by atoms with Crippen LogP contribution in [0.25, 0.3) is 5.57 Å². The van der Waals surface area contributed by atoms with Gasteiger partial charge < -0.3 is 15.0 Å². The van der Waals surface area contributed by atoms with Gasteiger partial charge in [-0.25, -0.2) is 14.2 Å². The van der Waals surface area contributed by atoms with Crippen molar-refractivity contribution < 1.29 is 19.1 Å². The van der Waals surface area contributed by atoms with Crippen molar-refractivity contribution in [3.8, 4) is 0 Å². The van der Waals surface area contributed by atoms with Gasteiger partial charge in [-0.15, -0.1) is 0 Å². The van der Waals surface area contributed by atoms with Gasteiger partial charge in [0.25, 0.3) is 0 Å². The molecule has 7 nitrogen and oxygen atoms in total. The van der Waals surface area contributed by atoms with Crippen molar-refractivity contribution >= 4 is 34.9 Å². The molecule has 0 radical (unpaired) electrons. The minimum atomic E-state index is -1.32. The second-order valence-electron chi connectivity index (χ2n) is 6.55. The molecule has 1 saturated heterocycles. The first-order valence-corrected chi connectivity index (χ1v) is 8.84. The minimum absolute atomic E-state index is 0.0272. The summed E-state index contributed by atoms with van der Waals surface area (Å²) in [6, 6.07) is 2.43. The molecule has 0 aliphatic carbocycles. The number of carbonyl (C=O) groups excluding carboxylic acids is 1. The molecule has 1 aromatic carbocycles. The maximum atomic E-state index is 14.7. The number of amides is 2. The fourth-order valence-electron chi connectivity index (χ4n) is 3.94. The van der Waals surface area contributed by atoms with Crippen molar-refractivity contribution in [1.82, 2.24) is 14.9 Å². The van der Waals surface area contributed by atoms with E-state index in [-0.39, 0.29) is 34.3 Å². The monoisotopic (exact) mass is 390 g/mol. The zero-order chi connectivity index (χ0) is 19.1. The van der Waals surface area contributed by atoms with Gasteiger partial charge in [0.1, 0.15) is 5.82 Å². The molecule has 0 saturated carbocycles. The SMILES string of the molecule is O=C(O)Nc1ccc(Cl)c(F)c1C1=CC(=O)N2C(CC[C@H]2c2ncc[nH]2)C1. The van der Waals surface area contributed by atoms with Crippen molar-refractivity contribution in [3.05, 3.63) is 52.8 Å². The molecule has 0 spiro atoms. The van der Waals surface area contributed by atoms with Crippen molar-refractivity contribution in [2.45, 2.75) is 31.3 Å². The number of rotatable bonds is 3. The van der Waals surface area contributed by atoms with Gasteiger partial charge in [-0.2, -0.15) is 0 Å². The molecule has 2 aliphatic rings. The van der Waals surface area contributed by atoms with Crippen LogP contribution in [0.3, 0.4) is 0 Å². The van der Waals surface area contributed by atoms with Gasteiger partial charge in [-0.05, 0) is 37.0 Å². The maximum absolute atomic E-state index is 14.7. The van der Waals surface area contributed by atoms with E-state index in [4.69, 9.17) is 16.7 Å². The first kappa shape index (κ1) is 17.5. The second-order valence-corrected chi connectivity index (χ2v) is 6.96. The average molecular weight is 391 g/mol. The fraction of sp³-hybridized carbons (Fsp3) is 0.278. The second kappa shape index (κ2) is 6.70. The predicted molar refractivity (Wildman–Crippen MR) is 96.8 cm³/mol. The van der Waals surface area contributed by atoms with Gasteiger partial charge in [-0.1, -0.05) is 11.6 Å². The molecule has 140 valence electrons. The fourth-order valence-corrected chi connectivity index (χ4v) is 4.10. The molecule has 3 heterocycles. The molecule has 2 amide bonds. The Hall–Kier alpha value is -2.87. The molecule has 1 unspecified atom stereocenters. The Morgan fingerprint density at radius 1 is 1.41 bits per heavy atom. The number of halogens is 2. The highest BCUT2D eigenvalue weighted by atomic mass is 35.5. The highest BCUT2D eigenvalue weighted by Crippen LogP contribution is 2.44. The molecule has 3 N–H and O–H groups in total. The third-order valence-electron chi connectivity index (χ3n) is 5.00. The van der Waals surface area contributed by atoms with E-state index in [1.54, 1.807) is 17.3 Å². The van der Waals surface area contributed by atoms with Gasteiger partial charge in [-0.3, -0.25) is 10.1 Å². The van der Waals surface area contributed by atoms with E-state index in [9.17, 15) is 14.0 Å². The van der Waals surface area contributed by atoms with E-state index < -0.39 is 11.9 Å². The molecule has 9 heteroatoms. The van der Waals surface area contributed by atoms with E-state index >= 15 is 0 Å². The van der Waals surface area contributed by atoms with E-state index in [0.29, 0.717) is 12.0 Å². The number of nitrogens with one attached hydrogen (secondary N) is 2. The highest BCUT2D eigenvalue weighted by molar-refractivity contribution is 6.31. The van der Waals surface area contributed by atoms with Crippen LogP contribution < -0.4 is 5.32 Å². The van der Waals surface area contributed by atoms with Gasteiger partial charge >= 0.3 is 6.09 Å². The number of carboxylic acid groups (broad SMARTS) is 1. The number of aromatic amines is 1. The summed E-state index contributed by atoms with van der Waals surface area (Å²) in [4.78, 5) is 32.9. The number of benzene rings is 1. The number of nitrogens with zero attached hydrogens (tertiary/aromatic N) is 2. The zero-order valence-corrected chi connectivity index (χ0v) is 14.8. The number of fused-ring (bicyclic) bond motifs is 1. The van der Waals surface area contributed by atoms with Gasteiger partial charge in [0.05, 0.1) is 16.8 Å². The predicted octanol–water partition coefficient (Wildman–Crippen LogP) is 3.81. The minimum Gasteiger partial charge on any atom is -0.465 e. The van der Waals surface area contributed by atoms with Crippen LogP contribution >= 0.6 is 11.6 Å². The van der Waals surface area contributed by atoms with Crippen LogP contribution in [0.4, 0.5) is 14.9 Å². The molecule has 27 heavy (non-hydrogen) atoms. The molecule has 4 rings (SSSR count). The Morgan fingerprint density at radius 2 is 2.22 bits per heavy atom. The van der Waals surface area contributed by atoms with Crippen LogP contribution in [-0.2, 0) is 4.79 Å². The van der Waals surface area contributed by atoms with Gasteiger partial charge in [0.15, 0.2) is 5.82 Å². The van der Waals surface area contributed by atoms with Crippen LogP contribution in [0.15, 0.2) is 30.6 Å². The van der Waals surface area contributed by atoms with Crippen LogP contribution in [0.2, 0.25) is 5.02 Å². The maximum Gasteiger partial charge on any atom is 0.409 e. The first-order chi connectivity index (χ1) is 13.0. The van der Waals surface area contributed by atoms with Gasteiger partial charge in [0.2, 0.25) is 5.91 Å². The number of hydrogen-bond acceptors (Lipinski definition) is 3. The Labute approximate surface area is 158 Å². The van der Waals surface area contributed by atoms with E-state index in [1.165, 1.54) is 18.2 Å². The Kier molecular flexibility index (Phi) is 4.35. The summed E-state index contributed by atoms with van der Waals surface area (Å²) in [5, 5.41) is 11.1. The standard InChI is InChI=1S/C18H16ClFN4O3/c19-11-2-3-12(23-18(26)27)15(16(11)20)9-7-10-1-4-13(17-21-5-6-22-17)24(10)14(25)8-9/h2-3,5-6,8,10,13,23H,1,4,7H2,(H,21,22)(H,26,27)/t10?,13-/m0/s1.